The van der Waals surface area contributed by atoms with E-state index in [1.807, 2.05) is 24.3 Å². The zero-order chi connectivity index (χ0) is 10.6. The standard InChI is InChI=1S/C9H8N2O.C2H6/c1-7(12)8-2-3-9-4-10-6-11(9)5-8;1-2/h2-6H,1H3;1-2H3. The minimum absolute atomic E-state index is 0.0746. The van der Waals surface area contributed by atoms with E-state index in [1.165, 1.54) is 0 Å². The molecular formula is C11H14N2O. The van der Waals surface area contributed by atoms with Crippen LogP contribution in [0, 0.1) is 0 Å². The van der Waals surface area contributed by atoms with E-state index in [-0.39, 0.29) is 5.78 Å². The van der Waals surface area contributed by atoms with Gasteiger partial charge in [-0.2, -0.15) is 0 Å². The molecule has 0 unspecified atom stereocenters. The molecule has 0 saturated carbocycles. The molecule has 2 heterocycles. The third-order valence-electron chi connectivity index (χ3n) is 1.81. The smallest absolute Gasteiger partial charge is 0.161 e. The number of aromatic nitrogens is 2. The summed E-state index contributed by atoms with van der Waals surface area (Å²) in [4.78, 5) is 14.9. The molecule has 0 saturated heterocycles. The van der Waals surface area contributed by atoms with Crippen molar-refractivity contribution in [2.45, 2.75) is 20.8 Å². The van der Waals surface area contributed by atoms with Gasteiger partial charge < -0.3 is 4.40 Å². The van der Waals surface area contributed by atoms with Crippen LogP contribution in [0.1, 0.15) is 31.1 Å². The van der Waals surface area contributed by atoms with Crippen LogP contribution < -0.4 is 0 Å². The van der Waals surface area contributed by atoms with Crippen LogP contribution in [0.3, 0.4) is 0 Å². The van der Waals surface area contributed by atoms with Crippen molar-refractivity contribution in [1.82, 2.24) is 9.38 Å². The first-order valence-electron chi connectivity index (χ1n) is 4.70. The Morgan fingerprint density at radius 3 is 2.71 bits per heavy atom. The zero-order valence-corrected chi connectivity index (χ0v) is 8.69. The van der Waals surface area contributed by atoms with Gasteiger partial charge in [0.25, 0.3) is 0 Å². The van der Waals surface area contributed by atoms with Crippen molar-refractivity contribution in [3.05, 3.63) is 36.4 Å². The van der Waals surface area contributed by atoms with Crippen LogP contribution in [0.25, 0.3) is 5.52 Å². The molecule has 2 aromatic heterocycles. The van der Waals surface area contributed by atoms with Gasteiger partial charge in [0, 0.05) is 11.8 Å². The third-order valence-corrected chi connectivity index (χ3v) is 1.81. The summed E-state index contributed by atoms with van der Waals surface area (Å²) in [7, 11) is 0. The Kier molecular flexibility index (Phi) is 3.40. The van der Waals surface area contributed by atoms with Gasteiger partial charge in [0.15, 0.2) is 5.78 Å². The van der Waals surface area contributed by atoms with E-state index in [1.54, 1.807) is 31.7 Å². The second-order valence-electron chi connectivity index (χ2n) is 2.70. The first-order valence-corrected chi connectivity index (χ1v) is 4.70. The number of hydrogen-bond acceptors (Lipinski definition) is 2. The van der Waals surface area contributed by atoms with E-state index in [2.05, 4.69) is 4.98 Å². The lowest BCUT2D eigenvalue weighted by Gasteiger charge is -1.96. The Morgan fingerprint density at radius 2 is 2.07 bits per heavy atom. The van der Waals surface area contributed by atoms with Crippen molar-refractivity contribution >= 4 is 11.3 Å². The monoisotopic (exact) mass is 190 g/mol. The van der Waals surface area contributed by atoms with Gasteiger partial charge >= 0.3 is 0 Å². The van der Waals surface area contributed by atoms with Crippen LogP contribution in [0.15, 0.2) is 30.9 Å². The Hall–Kier alpha value is -1.64. The van der Waals surface area contributed by atoms with Crippen LogP contribution in [0.4, 0.5) is 0 Å². The highest BCUT2D eigenvalue weighted by Crippen LogP contribution is 2.05. The lowest BCUT2D eigenvalue weighted by Crippen LogP contribution is -1.94. The molecule has 0 aromatic carbocycles. The number of nitrogens with zero attached hydrogens (tertiary/aromatic N) is 2. The Bertz CT molecular complexity index is 432. The first kappa shape index (κ1) is 10.4. The van der Waals surface area contributed by atoms with Gasteiger partial charge in [-0.25, -0.2) is 4.98 Å². The molecule has 0 spiro atoms. The van der Waals surface area contributed by atoms with Gasteiger partial charge in [0.05, 0.1) is 18.0 Å². The highest BCUT2D eigenvalue weighted by Gasteiger charge is 1.99. The predicted molar refractivity (Wildman–Crippen MR) is 56.5 cm³/mol. The number of fused-ring (bicyclic) bond motifs is 1. The quantitative estimate of drug-likeness (QED) is 0.648. The highest BCUT2D eigenvalue weighted by atomic mass is 16.1. The lowest BCUT2D eigenvalue weighted by molar-refractivity contribution is 0.101. The van der Waals surface area contributed by atoms with Crippen molar-refractivity contribution in [3.8, 4) is 0 Å². The summed E-state index contributed by atoms with van der Waals surface area (Å²) in [6, 6.07) is 3.68. The summed E-state index contributed by atoms with van der Waals surface area (Å²) in [6.45, 7) is 5.55. The molecule has 0 radical (unpaired) electrons. The zero-order valence-electron chi connectivity index (χ0n) is 8.69. The van der Waals surface area contributed by atoms with Crippen LogP contribution in [-0.2, 0) is 0 Å². The number of ketones is 1. The largest absolute Gasteiger partial charge is 0.306 e. The molecule has 0 N–H and O–H groups in total. The maximum atomic E-state index is 11.0. The molecule has 0 aliphatic rings. The summed E-state index contributed by atoms with van der Waals surface area (Å²) < 4.78 is 1.83. The van der Waals surface area contributed by atoms with Gasteiger partial charge in [-0.1, -0.05) is 13.8 Å². The summed E-state index contributed by atoms with van der Waals surface area (Å²) in [6.07, 6.45) is 5.22. The molecule has 0 aliphatic heterocycles. The van der Waals surface area contributed by atoms with Gasteiger partial charge in [-0.15, -0.1) is 0 Å². The van der Waals surface area contributed by atoms with E-state index in [0.717, 1.165) is 5.52 Å². The number of rotatable bonds is 1. The van der Waals surface area contributed by atoms with E-state index in [0.29, 0.717) is 5.56 Å². The van der Waals surface area contributed by atoms with E-state index >= 15 is 0 Å². The summed E-state index contributed by atoms with van der Waals surface area (Å²) in [5, 5.41) is 0. The molecule has 0 aliphatic carbocycles. The lowest BCUT2D eigenvalue weighted by atomic mass is 10.2. The van der Waals surface area contributed by atoms with Crippen molar-refractivity contribution in [2.75, 3.05) is 0 Å². The first-order chi connectivity index (χ1) is 6.77. The summed E-state index contributed by atoms with van der Waals surface area (Å²) in [5.41, 5.74) is 1.71. The molecule has 0 amide bonds. The van der Waals surface area contributed by atoms with Gasteiger partial charge in [0.2, 0.25) is 0 Å². The molecule has 74 valence electrons. The number of pyridine rings is 1. The maximum Gasteiger partial charge on any atom is 0.161 e. The van der Waals surface area contributed by atoms with E-state index in [9.17, 15) is 4.79 Å². The van der Waals surface area contributed by atoms with Crippen LogP contribution in [-0.4, -0.2) is 15.2 Å². The molecule has 0 fully saturated rings. The molecule has 3 nitrogen and oxygen atoms in total. The van der Waals surface area contributed by atoms with Gasteiger partial charge in [-0.3, -0.25) is 4.79 Å². The Morgan fingerprint density at radius 1 is 1.36 bits per heavy atom. The van der Waals surface area contributed by atoms with Gasteiger partial charge in [0.1, 0.15) is 0 Å². The molecule has 2 rings (SSSR count). The Labute approximate surface area is 83.4 Å². The molecule has 3 heteroatoms. The van der Waals surface area contributed by atoms with Crippen LogP contribution >= 0.6 is 0 Å². The SMILES string of the molecule is CC.CC(=O)c1ccc2cncn2c1. The number of Topliss-reactive ketones (excluding diaryl/α,β-unsaturated/α-hetero) is 1. The van der Waals surface area contributed by atoms with Crippen molar-refractivity contribution in [1.29, 1.82) is 0 Å². The highest BCUT2D eigenvalue weighted by molar-refractivity contribution is 5.94. The molecular weight excluding hydrogens is 176 g/mol. The molecule has 0 atom stereocenters. The molecule has 2 aromatic rings. The average molecular weight is 190 g/mol. The van der Waals surface area contributed by atoms with E-state index < -0.39 is 0 Å². The minimum atomic E-state index is 0.0746. The second-order valence-corrected chi connectivity index (χ2v) is 2.70. The molecule has 0 bridgehead atoms. The number of hydrogen-bond donors (Lipinski definition) is 0. The second kappa shape index (κ2) is 4.56. The molecule has 14 heavy (non-hydrogen) atoms. The van der Waals surface area contributed by atoms with Crippen molar-refractivity contribution in [2.24, 2.45) is 0 Å². The fourth-order valence-electron chi connectivity index (χ4n) is 1.13. The van der Waals surface area contributed by atoms with Crippen LogP contribution in [0.2, 0.25) is 0 Å². The summed E-state index contributed by atoms with van der Waals surface area (Å²) >= 11 is 0. The summed E-state index contributed by atoms with van der Waals surface area (Å²) in [5.74, 6) is 0.0746. The van der Waals surface area contributed by atoms with Crippen LogP contribution in [0.5, 0.6) is 0 Å². The topological polar surface area (TPSA) is 34.4 Å². The minimum Gasteiger partial charge on any atom is -0.306 e. The Balaban J connectivity index is 0.000000461. The van der Waals surface area contributed by atoms with Crippen molar-refractivity contribution in [3.63, 3.8) is 0 Å². The number of carbonyl (C=O) groups excluding carboxylic acids is 1. The fourth-order valence-corrected chi connectivity index (χ4v) is 1.13. The predicted octanol–water partition coefficient (Wildman–Crippen LogP) is 2.56. The van der Waals surface area contributed by atoms with Gasteiger partial charge in [-0.05, 0) is 19.1 Å². The van der Waals surface area contributed by atoms with Crippen molar-refractivity contribution < 1.29 is 4.79 Å². The number of imidazole rings is 1. The normalized spacial score (nSPS) is 9.36. The fraction of sp³-hybridized carbons (Fsp3) is 0.273. The van der Waals surface area contributed by atoms with E-state index in [4.69, 9.17) is 0 Å². The third kappa shape index (κ3) is 1.99. The number of carbonyl (C=O) groups is 1. The average Bonchev–Trinajstić information content (AvgIpc) is 2.67. The maximum absolute atomic E-state index is 11.0.